The fourth-order valence-electron chi connectivity index (χ4n) is 6.05. The number of aromatic nitrogens is 3. The highest BCUT2D eigenvalue weighted by Crippen LogP contribution is 2.34. The Bertz CT molecular complexity index is 1390. The molecule has 1 aliphatic heterocycles. The molecular weight excluding hydrogens is 524 g/mol. The van der Waals surface area contributed by atoms with Gasteiger partial charge in [0.1, 0.15) is 5.65 Å². The van der Waals surface area contributed by atoms with Crippen LogP contribution in [0.25, 0.3) is 11.0 Å². The number of aromatic amines is 1. The first-order valence-corrected chi connectivity index (χ1v) is 14.6. The van der Waals surface area contributed by atoms with Gasteiger partial charge < -0.3 is 19.6 Å². The van der Waals surface area contributed by atoms with Gasteiger partial charge in [-0.15, -0.1) is 11.8 Å². The van der Waals surface area contributed by atoms with Crippen LogP contribution in [-0.4, -0.2) is 63.4 Å². The van der Waals surface area contributed by atoms with E-state index in [4.69, 9.17) is 0 Å². The number of nitrogens with zero attached hydrogens (tertiary/aromatic N) is 3. The van der Waals surface area contributed by atoms with Crippen molar-refractivity contribution >= 4 is 28.7 Å². The van der Waals surface area contributed by atoms with Crippen molar-refractivity contribution in [2.75, 3.05) is 19.3 Å². The summed E-state index contributed by atoms with van der Waals surface area (Å²) in [5, 5.41) is 3.77. The first-order chi connectivity index (χ1) is 18.7. The smallest absolute Gasteiger partial charge is 0.345 e. The minimum Gasteiger partial charge on any atom is -0.348 e. The van der Waals surface area contributed by atoms with Crippen molar-refractivity contribution in [2.24, 2.45) is 5.92 Å². The molecule has 210 valence electrons. The molecule has 2 N–H and O–H groups in total. The van der Waals surface area contributed by atoms with Crippen molar-refractivity contribution in [3.63, 3.8) is 0 Å². The van der Waals surface area contributed by atoms with Gasteiger partial charge in [-0.1, -0.05) is 0 Å². The van der Waals surface area contributed by atoms with Gasteiger partial charge in [0.25, 0.3) is 11.5 Å². The summed E-state index contributed by atoms with van der Waals surface area (Å²) in [7, 11) is 0. The molecule has 8 nitrogen and oxygen atoms in total. The zero-order valence-corrected chi connectivity index (χ0v) is 23.3. The van der Waals surface area contributed by atoms with Crippen LogP contribution in [0.5, 0.6) is 0 Å². The number of alkyl halides is 2. The number of likely N-dealkylation sites (tertiary alicyclic amines) is 1. The van der Waals surface area contributed by atoms with Gasteiger partial charge in [0, 0.05) is 65.7 Å². The highest BCUT2D eigenvalue weighted by atomic mass is 32.2. The van der Waals surface area contributed by atoms with Crippen LogP contribution in [-0.2, 0) is 17.8 Å². The summed E-state index contributed by atoms with van der Waals surface area (Å²) in [6.45, 7) is 3.16. The summed E-state index contributed by atoms with van der Waals surface area (Å²) >= 11 is 1.48. The molecule has 0 radical (unpaired) electrons. The number of nitrogens with one attached hydrogen (secondary N) is 2. The SMILES string of the molecule is CSc1cc(C)[nH]c(=O)c1CNC(=O)c1c(C)n(CC2CCC(N3CC(OC(F)F)C3)CC2)c2ncccc12. The van der Waals surface area contributed by atoms with Gasteiger partial charge in [-0.05, 0) is 69.9 Å². The number of hydrogen-bond donors (Lipinski definition) is 2. The van der Waals surface area contributed by atoms with Gasteiger partial charge in [0.2, 0.25) is 0 Å². The van der Waals surface area contributed by atoms with E-state index in [1.165, 1.54) is 11.8 Å². The third-order valence-electron chi connectivity index (χ3n) is 8.13. The summed E-state index contributed by atoms with van der Waals surface area (Å²) in [6, 6.07) is 6.09. The molecule has 3 aromatic rings. The van der Waals surface area contributed by atoms with Gasteiger partial charge in [-0.25, -0.2) is 4.98 Å². The molecule has 0 spiro atoms. The average Bonchev–Trinajstić information content (AvgIpc) is 3.16. The Morgan fingerprint density at radius 3 is 2.69 bits per heavy atom. The number of H-pyrrole nitrogens is 1. The number of hydrogen-bond acceptors (Lipinski definition) is 6. The summed E-state index contributed by atoms with van der Waals surface area (Å²) in [5.41, 5.74) is 3.38. The predicted octanol–water partition coefficient (Wildman–Crippen LogP) is 4.48. The number of halogens is 2. The summed E-state index contributed by atoms with van der Waals surface area (Å²) in [4.78, 5) is 36.5. The summed E-state index contributed by atoms with van der Waals surface area (Å²) < 4.78 is 31.6. The zero-order chi connectivity index (χ0) is 27.7. The lowest BCUT2D eigenvalue weighted by atomic mass is 9.84. The minimum absolute atomic E-state index is 0.140. The van der Waals surface area contributed by atoms with Crippen LogP contribution in [0.2, 0.25) is 0 Å². The van der Waals surface area contributed by atoms with Crippen molar-refractivity contribution in [1.82, 2.24) is 24.8 Å². The first-order valence-electron chi connectivity index (χ1n) is 13.4. The Hall–Kier alpha value is -2.76. The number of carbonyl (C=O) groups is 1. The predicted molar refractivity (Wildman–Crippen MR) is 147 cm³/mol. The van der Waals surface area contributed by atoms with Crippen molar-refractivity contribution < 1.29 is 18.3 Å². The van der Waals surface area contributed by atoms with Crippen LogP contribution in [0.15, 0.2) is 34.1 Å². The van der Waals surface area contributed by atoms with Gasteiger partial charge >= 0.3 is 6.61 Å². The van der Waals surface area contributed by atoms with Crippen molar-refractivity contribution in [2.45, 2.75) is 76.3 Å². The monoisotopic (exact) mass is 559 g/mol. The highest BCUT2D eigenvalue weighted by Gasteiger charge is 2.36. The molecule has 1 saturated carbocycles. The second-order valence-electron chi connectivity index (χ2n) is 10.6. The fourth-order valence-corrected chi connectivity index (χ4v) is 6.75. The Morgan fingerprint density at radius 1 is 1.26 bits per heavy atom. The third kappa shape index (κ3) is 5.90. The average molecular weight is 560 g/mol. The molecule has 0 aromatic carbocycles. The van der Waals surface area contributed by atoms with Gasteiger partial charge in [0.05, 0.1) is 11.7 Å². The maximum absolute atomic E-state index is 13.5. The number of aryl methyl sites for hydroxylation is 1. The Morgan fingerprint density at radius 2 is 2.00 bits per heavy atom. The molecule has 2 aliphatic rings. The number of ether oxygens (including phenoxy) is 1. The summed E-state index contributed by atoms with van der Waals surface area (Å²) in [5.74, 6) is 0.219. The van der Waals surface area contributed by atoms with Gasteiger partial charge in [0.15, 0.2) is 0 Å². The maximum atomic E-state index is 13.5. The van der Waals surface area contributed by atoms with E-state index in [2.05, 4.69) is 29.5 Å². The Balaban J connectivity index is 1.26. The fraction of sp³-hybridized carbons (Fsp3) is 0.536. The Kier molecular flexibility index (Phi) is 8.39. The largest absolute Gasteiger partial charge is 0.348 e. The number of amides is 1. The lowest BCUT2D eigenvalue weighted by Gasteiger charge is -2.46. The van der Waals surface area contributed by atoms with Crippen molar-refractivity contribution in [3.05, 3.63) is 57.3 Å². The molecule has 4 heterocycles. The number of fused-ring (bicyclic) bond motifs is 1. The first kappa shape index (κ1) is 27.8. The number of thioether (sulfide) groups is 1. The lowest BCUT2D eigenvalue weighted by molar-refractivity contribution is -0.202. The normalized spacial score (nSPS) is 20.5. The maximum Gasteiger partial charge on any atom is 0.345 e. The van der Waals surface area contributed by atoms with E-state index >= 15 is 0 Å². The van der Waals surface area contributed by atoms with Crippen LogP contribution in [0, 0.1) is 19.8 Å². The standard InChI is InChI=1S/C28H35F2N5O3S/c1-16-11-23(39-3)22(26(36)33-16)12-32-27(37)24-17(2)35(25-21(24)5-4-10-31-25)13-18-6-8-19(9-7-18)34-14-20(15-34)38-28(29)30/h4-5,10-11,18-20,28H,6-9,12-15H2,1-3H3,(H,32,37)(H,33,36). The molecule has 1 amide bonds. The van der Waals surface area contributed by atoms with Crippen molar-refractivity contribution in [3.8, 4) is 0 Å². The molecule has 1 aliphatic carbocycles. The number of rotatable bonds is 9. The molecule has 5 rings (SSSR count). The van der Waals surface area contributed by atoms with E-state index in [-0.39, 0.29) is 24.1 Å². The van der Waals surface area contributed by atoms with Crippen LogP contribution in [0.3, 0.4) is 0 Å². The van der Waals surface area contributed by atoms with E-state index in [0.717, 1.165) is 59.5 Å². The van der Waals surface area contributed by atoms with Crippen LogP contribution < -0.4 is 10.9 Å². The zero-order valence-electron chi connectivity index (χ0n) is 22.5. The second kappa shape index (κ2) is 11.8. The quantitative estimate of drug-likeness (QED) is 0.376. The molecule has 11 heteroatoms. The molecular formula is C28H35F2N5O3S. The molecule has 3 aromatic heterocycles. The number of carbonyl (C=O) groups excluding carboxylic acids is 1. The number of pyridine rings is 2. The summed E-state index contributed by atoms with van der Waals surface area (Å²) in [6.07, 6.45) is 7.41. The van der Waals surface area contributed by atoms with Crippen molar-refractivity contribution in [1.29, 1.82) is 0 Å². The van der Waals surface area contributed by atoms with E-state index < -0.39 is 6.61 Å². The topological polar surface area (TPSA) is 92.2 Å². The molecule has 0 bridgehead atoms. The molecule has 1 saturated heterocycles. The van der Waals surface area contributed by atoms with Gasteiger partial charge in [-0.3, -0.25) is 14.5 Å². The molecule has 2 fully saturated rings. The lowest BCUT2D eigenvalue weighted by Crippen LogP contribution is -2.57. The third-order valence-corrected chi connectivity index (χ3v) is 8.93. The van der Waals surface area contributed by atoms with Crippen LogP contribution in [0.4, 0.5) is 8.78 Å². The van der Waals surface area contributed by atoms with Crippen LogP contribution >= 0.6 is 11.8 Å². The minimum atomic E-state index is -2.70. The van der Waals surface area contributed by atoms with E-state index in [1.54, 1.807) is 6.20 Å². The molecule has 0 atom stereocenters. The van der Waals surface area contributed by atoms with Crippen LogP contribution in [0.1, 0.15) is 53.0 Å². The van der Waals surface area contributed by atoms with E-state index in [9.17, 15) is 18.4 Å². The molecule has 39 heavy (non-hydrogen) atoms. The highest BCUT2D eigenvalue weighted by molar-refractivity contribution is 7.98. The van der Waals surface area contributed by atoms with E-state index in [1.807, 2.05) is 38.3 Å². The molecule has 0 unspecified atom stereocenters. The van der Waals surface area contributed by atoms with E-state index in [0.29, 0.717) is 36.2 Å². The van der Waals surface area contributed by atoms with Gasteiger partial charge in [-0.2, -0.15) is 8.78 Å². The second-order valence-corrected chi connectivity index (χ2v) is 11.5. The Labute approximate surface area is 230 Å².